The number of piperazine rings is 1. The first-order valence-corrected chi connectivity index (χ1v) is 8.46. The topological polar surface area (TPSA) is 90.5 Å². The summed E-state index contributed by atoms with van der Waals surface area (Å²) in [6, 6.07) is 9.84. The molecule has 9 heteroatoms. The van der Waals surface area contributed by atoms with E-state index in [2.05, 4.69) is 0 Å². The van der Waals surface area contributed by atoms with Crippen LogP contribution in [0.4, 0.5) is 15.8 Å². The molecular weight excluding hydrogens is 375 g/mol. The Balaban J connectivity index is 1.69. The second kappa shape index (κ2) is 7.60. The van der Waals surface area contributed by atoms with Crippen LogP contribution in [0.5, 0.6) is 0 Å². The summed E-state index contributed by atoms with van der Waals surface area (Å²) in [6.07, 6.45) is 0. The average Bonchev–Trinajstić information content (AvgIpc) is 2.67. The van der Waals surface area contributed by atoms with Crippen LogP contribution in [0.25, 0.3) is 0 Å². The molecule has 1 aliphatic rings. The fourth-order valence-electron chi connectivity index (χ4n) is 2.94. The molecule has 2 aromatic carbocycles. The van der Waals surface area contributed by atoms with Gasteiger partial charge in [-0.25, -0.2) is 4.39 Å². The van der Waals surface area contributed by atoms with Crippen molar-refractivity contribution in [2.45, 2.75) is 0 Å². The van der Waals surface area contributed by atoms with Crippen molar-refractivity contribution in [3.8, 4) is 6.07 Å². The maximum Gasteiger partial charge on any atom is 0.271 e. The van der Waals surface area contributed by atoms with E-state index in [4.69, 9.17) is 16.9 Å². The quantitative estimate of drug-likeness (QED) is 0.594. The van der Waals surface area contributed by atoms with Crippen molar-refractivity contribution in [1.82, 2.24) is 4.90 Å². The number of nitro groups is 1. The molecule has 7 nitrogen and oxygen atoms in total. The number of non-ortho nitro benzene ring substituents is 1. The van der Waals surface area contributed by atoms with Crippen molar-refractivity contribution in [1.29, 1.82) is 5.26 Å². The third-order valence-electron chi connectivity index (χ3n) is 4.38. The van der Waals surface area contributed by atoms with E-state index in [0.717, 1.165) is 6.07 Å². The molecule has 27 heavy (non-hydrogen) atoms. The van der Waals surface area contributed by atoms with Gasteiger partial charge in [-0.15, -0.1) is 0 Å². The third-order valence-corrected chi connectivity index (χ3v) is 4.68. The van der Waals surface area contributed by atoms with Gasteiger partial charge in [0, 0.05) is 38.3 Å². The van der Waals surface area contributed by atoms with Gasteiger partial charge in [-0.3, -0.25) is 14.9 Å². The van der Waals surface area contributed by atoms with Crippen LogP contribution in [0.3, 0.4) is 0 Å². The zero-order chi connectivity index (χ0) is 19.6. The van der Waals surface area contributed by atoms with Gasteiger partial charge in [-0.1, -0.05) is 11.6 Å². The Kier molecular flexibility index (Phi) is 5.23. The van der Waals surface area contributed by atoms with Gasteiger partial charge in [0.05, 0.1) is 32.8 Å². The lowest BCUT2D eigenvalue weighted by atomic mass is 10.1. The highest BCUT2D eigenvalue weighted by molar-refractivity contribution is 6.33. The Morgan fingerprint density at radius 1 is 1.19 bits per heavy atom. The molecule has 138 valence electrons. The number of hydrogen-bond donors (Lipinski definition) is 0. The predicted molar refractivity (Wildman–Crippen MR) is 97.3 cm³/mol. The fraction of sp³-hybridized carbons (Fsp3) is 0.222. The number of carbonyl (C=O) groups is 1. The first-order valence-electron chi connectivity index (χ1n) is 8.08. The third kappa shape index (κ3) is 3.83. The lowest BCUT2D eigenvalue weighted by Crippen LogP contribution is -2.49. The number of benzene rings is 2. The van der Waals surface area contributed by atoms with Crippen LogP contribution in [-0.4, -0.2) is 41.9 Å². The van der Waals surface area contributed by atoms with Crippen LogP contribution in [0.2, 0.25) is 5.02 Å². The van der Waals surface area contributed by atoms with E-state index in [9.17, 15) is 19.3 Å². The van der Waals surface area contributed by atoms with Crippen LogP contribution >= 0.6 is 11.6 Å². The summed E-state index contributed by atoms with van der Waals surface area (Å²) < 4.78 is 14.1. The minimum absolute atomic E-state index is 0.0733. The summed E-state index contributed by atoms with van der Waals surface area (Å²) in [7, 11) is 0. The van der Waals surface area contributed by atoms with Gasteiger partial charge in [0.25, 0.3) is 11.6 Å². The molecule has 1 heterocycles. The molecule has 0 saturated carbocycles. The molecule has 1 saturated heterocycles. The molecule has 0 bridgehead atoms. The van der Waals surface area contributed by atoms with Crippen LogP contribution < -0.4 is 4.90 Å². The molecule has 0 unspecified atom stereocenters. The number of halogens is 2. The Morgan fingerprint density at radius 3 is 2.44 bits per heavy atom. The standard InChI is InChI=1S/C18H14ClFN4O3/c19-15-10-13(24(26)27)2-4-17(15)22-5-7-23(8-6-22)18(25)14-3-1-12(11-21)9-16(14)20/h1-4,9-10H,5-8H2. The van der Waals surface area contributed by atoms with Crippen molar-refractivity contribution in [3.63, 3.8) is 0 Å². The number of hydrogen-bond acceptors (Lipinski definition) is 5. The van der Waals surface area contributed by atoms with E-state index in [0.29, 0.717) is 31.9 Å². The van der Waals surface area contributed by atoms with Crippen molar-refractivity contribution in [3.05, 3.63) is 68.5 Å². The fourth-order valence-corrected chi connectivity index (χ4v) is 3.24. The maximum absolute atomic E-state index is 14.1. The summed E-state index contributed by atoms with van der Waals surface area (Å²) in [5.41, 5.74) is 0.644. The van der Waals surface area contributed by atoms with E-state index >= 15 is 0 Å². The highest BCUT2D eigenvalue weighted by atomic mass is 35.5. The predicted octanol–water partition coefficient (Wildman–Crippen LogP) is 3.22. The van der Waals surface area contributed by atoms with E-state index < -0.39 is 16.6 Å². The number of amides is 1. The molecule has 0 aliphatic carbocycles. The van der Waals surface area contributed by atoms with E-state index in [-0.39, 0.29) is 21.8 Å². The molecule has 0 radical (unpaired) electrons. The zero-order valence-corrected chi connectivity index (χ0v) is 14.8. The van der Waals surface area contributed by atoms with E-state index in [1.165, 1.54) is 29.2 Å². The molecule has 2 aromatic rings. The van der Waals surface area contributed by atoms with Crippen molar-refractivity contribution in [2.75, 3.05) is 31.1 Å². The van der Waals surface area contributed by atoms with Crippen LogP contribution in [0.1, 0.15) is 15.9 Å². The molecular formula is C18H14ClFN4O3. The minimum Gasteiger partial charge on any atom is -0.367 e. The van der Waals surface area contributed by atoms with Gasteiger partial charge in [-0.2, -0.15) is 5.26 Å². The first kappa shape index (κ1) is 18.6. The monoisotopic (exact) mass is 388 g/mol. The highest BCUT2D eigenvalue weighted by Crippen LogP contribution is 2.30. The SMILES string of the molecule is N#Cc1ccc(C(=O)N2CCN(c3ccc([N+](=O)[O-])cc3Cl)CC2)c(F)c1. The van der Waals surface area contributed by atoms with E-state index in [1.807, 2.05) is 11.0 Å². The largest absolute Gasteiger partial charge is 0.367 e. The smallest absolute Gasteiger partial charge is 0.271 e. The van der Waals surface area contributed by atoms with Gasteiger partial charge in [0.15, 0.2) is 0 Å². The lowest BCUT2D eigenvalue weighted by Gasteiger charge is -2.36. The number of rotatable bonds is 3. The summed E-state index contributed by atoms with van der Waals surface area (Å²) in [5, 5.41) is 19.8. The van der Waals surface area contributed by atoms with E-state index in [1.54, 1.807) is 6.07 Å². The van der Waals surface area contributed by atoms with Crippen LogP contribution in [-0.2, 0) is 0 Å². The Hall–Kier alpha value is -3.18. The van der Waals surface area contributed by atoms with Gasteiger partial charge in [-0.05, 0) is 24.3 Å². The second-order valence-electron chi connectivity index (χ2n) is 5.98. The lowest BCUT2D eigenvalue weighted by molar-refractivity contribution is -0.384. The number of nitrogens with zero attached hydrogens (tertiary/aromatic N) is 4. The summed E-state index contributed by atoms with van der Waals surface area (Å²) >= 11 is 6.15. The van der Waals surface area contributed by atoms with Crippen LogP contribution in [0, 0.1) is 27.3 Å². The van der Waals surface area contributed by atoms with Gasteiger partial charge >= 0.3 is 0 Å². The molecule has 1 aliphatic heterocycles. The molecule has 3 rings (SSSR count). The normalized spacial score (nSPS) is 14.0. The van der Waals surface area contributed by atoms with Gasteiger partial charge in [0.2, 0.25) is 0 Å². The van der Waals surface area contributed by atoms with Crippen LogP contribution in [0.15, 0.2) is 36.4 Å². The number of nitriles is 1. The molecule has 0 N–H and O–H groups in total. The Morgan fingerprint density at radius 2 is 1.89 bits per heavy atom. The Bertz CT molecular complexity index is 952. The highest BCUT2D eigenvalue weighted by Gasteiger charge is 2.25. The molecule has 0 aromatic heterocycles. The van der Waals surface area contributed by atoms with Crippen molar-refractivity contribution < 1.29 is 14.1 Å². The average molecular weight is 389 g/mol. The molecule has 0 atom stereocenters. The Labute approximate surface area is 159 Å². The zero-order valence-electron chi connectivity index (χ0n) is 14.1. The molecule has 0 spiro atoms. The van der Waals surface area contributed by atoms with Gasteiger partial charge in [0.1, 0.15) is 5.82 Å². The summed E-state index contributed by atoms with van der Waals surface area (Å²) in [6.45, 7) is 1.62. The van der Waals surface area contributed by atoms with Gasteiger partial charge < -0.3 is 9.80 Å². The van der Waals surface area contributed by atoms with Crippen molar-refractivity contribution >= 4 is 28.9 Å². The molecule has 1 fully saturated rings. The number of carbonyl (C=O) groups excluding carboxylic acids is 1. The second-order valence-corrected chi connectivity index (χ2v) is 6.39. The number of nitro benzene ring substituents is 1. The summed E-state index contributed by atoms with van der Waals surface area (Å²) in [5.74, 6) is -1.16. The maximum atomic E-state index is 14.1. The summed E-state index contributed by atoms with van der Waals surface area (Å²) in [4.78, 5) is 26.3. The van der Waals surface area contributed by atoms with Crippen molar-refractivity contribution in [2.24, 2.45) is 0 Å². The molecule has 1 amide bonds. The number of anilines is 1. The first-order chi connectivity index (χ1) is 12.9. The minimum atomic E-state index is -0.722.